The number of carbonyl (C=O) groups is 1. The minimum absolute atomic E-state index is 0.000657. The molecule has 6 nitrogen and oxygen atoms in total. The van der Waals surface area contributed by atoms with Crippen molar-refractivity contribution in [1.29, 1.82) is 0 Å². The number of rotatable bonds is 4. The average Bonchev–Trinajstić information content (AvgIpc) is 3.13. The van der Waals surface area contributed by atoms with Crippen LogP contribution < -0.4 is 10.9 Å². The van der Waals surface area contributed by atoms with Gasteiger partial charge in [-0.3, -0.25) is 14.2 Å². The van der Waals surface area contributed by atoms with Crippen molar-refractivity contribution >= 4 is 16.9 Å². The molecule has 0 saturated carbocycles. The average molecular weight is 393 g/mol. The molecule has 0 bridgehead atoms. The highest BCUT2D eigenvalue weighted by molar-refractivity contribution is 5.84. The first-order valence-corrected chi connectivity index (χ1v) is 8.50. The molecule has 0 fully saturated rings. The van der Waals surface area contributed by atoms with E-state index in [1.807, 2.05) is 0 Å². The van der Waals surface area contributed by atoms with Gasteiger partial charge in [0.2, 0.25) is 11.6 Å². The highest BCUT2D eigenvalue weighted by atomic mass is 19.4. The molecule has 0 saturated heterocycles. The summed E-state index contributed by atoms with van der Waals surface area (Å²) in [5.74, 6) is -0.132. The number of hydrogen-bond acceptors (Lipinski definition) is 4. The van der Waals surface area contributed by atoms with E-state index in [9.17, 15) is 22.8 Å². The van der Waals surface area contributed by atoms with Crippen LogP contribution in [0, 0.1) is 13.8 Å². The Morgan fingerprint density at radius 2 is 1.96 bits per heavy atom. The Morgan fingerprint density at radius 3 is 2.57 bits per heavy atom. The zero-order valence-electron chi connectivity index (χ0n) is 15.4. The molecule has 2 aromatic heterocycles. The first-order chi connectivity index (χ1) is 13.1. The molecular formula is C19H18F3N3O3. The molecule has 3 rings (SSSR count). The van der Waals surface area contributed by atoms with Gasteiger partial charge in [0.25, 0.3) is 5.56 Å². The van der Waals surface area contributed by atoms with E-state index in [4.69, 9.17) is 4.42 Å². The van der Waals surface area contributed by atoms with Gasteiger partial charge in [0.1, 0.15) is 11.8 Å². The fraction of sp³-hybridized carbons (Fsp3) is 0.316. The highest BCUT2D eigenvalue weighted by Crippen LogP contribution is 2.28. The van der Waals surface area contributed by atoms with Crippen molar-refractivity contribution in [3.63, 3.8) is 0 Å². The SMILES string of the molecule is Cc1cc2nc(C(F)(F)F)c(=O)n([C@H](C)C(=O)NCc3ccco3)c2cc1C. The second-order valence-electron chi connectivity index (χ2n) is 6.53. The molecule has 0 unspecified atom stereocenters. The van der Waals surface area contributed by atoms with Gasteiger partial charge in [-0.1, -0.05) is 0 Å². The number of nitrogens with zero attached hydrogens (tertiary/aromatic N) is 2. The minimum Gasteiger partial charge on any atom is -0.467 e. The standard InChI is InChI=1S/C19H18F3N3O3/c1-10-7-14-15(8-11(10)2)25(18(27)16(24-14)19(20,21)22)12(3)17(26)23-9-13-5-4-6-28-13/h4-8,12H,9H2,1-3H3,(H,23,26)/t12-/m1/s1. The number of nitrogens with one attached hydrogen (secondary N) is 1. The fourth-order valence-electron chi connectivity index (χ4n) is 2.88. The Labute approximate surface area is 158 Å². The molecule has 2 heterocycles. The Morgan fingerprint density at radius 1 is 1.29 bits per heavy atom. The van der Waals surface area contributed by atoms with E-state index in [0.29, 0.717) is 5.76 Å². The monoisotopic (exact) mass is 393 g/mol. The van der Waals surface area contributed by atoms with Crippen molar-refractivity contribution < 1.29 is 22.4 Å². The molecule has 0 radical (unpaired) electrons. The second kappa shape index (κ2) is 7.14. The third-order valence-electron chi connectivity index (χ3n) is 4.56. The summed E-state index contributed by atoms with van der Waals surface area (Å²) in [5.41, 5.74) is -1.24. The number of hydrogen-bond donors (Lipinski definition) is 1. The molecule has 0 aliphatic heterocycles. The van der Waals surface area contributed by atoms with Crippen LogP contribution in [0.3, 0.4) is 0 Å². The number of halogens is 3. The van der Waals surface area contributed by atoms with Crippen molar-refractivity contribution in [2.45, 2.75) is 39.5 Å². The van der Waals surface area contributed by atoms with Gasteiger partial charge in [0.05, 0.1) is 23.8 Å². The number of benzene rings is 1. The maximum absolute atomic E-state index is 13.3. The number of furan rings is 1. The second-order valence-corrected chi connectivity index (χ2v) is 6.53. The van der Waals surface area contributed by atoms with Gasteiger partial charge in [-0.05, 0) is 56.2 Å². The molecule has 148 valence electrons. The molecule has 1 aromatic carbocycles. The van der Waals surface area contributed by atoms with Crippen LogP contribution in [-0.4, -0.2) is 15.5 Å². The van der Waals surface area contributed by atoms with Crippen LogP contribution >= 0.6 is 0 Å². The van der Waals surface area contributed by atoms with Crippen molar-refractivity contribution in [3.8, 4) is 0 Å². The molecule has 0 aliphatic carbocycles. The lowest BCUT2D eigenvalue weighted by Crippen LogP contribution is -2.39. The summed E-state index contributed by atoms with van der Waals surface area (Å²) < 4.78 is 46.0. The summed E-state index contributed by atoms with van der Waals surface area (Å²) in [6, 6.07) is 5.15. The van der Waals surface area contributed by atoms with Gasteiger partial charge in [-0.15, -0.1) is 0 Å². The Bertz CT molecular complexity index is 1090. The maximum atomic E-state index is 13.3. The van der Waals surface area contributed by atoms with Crippen molar-refractivity contribution in [2.75, 3.05) is 0 Å². The van der Waals surface area contributed by atoms with E-state index in [2.05, 4.69) is 10.3 Å². The molecule has 1 N–H and O–H groups in total. The number of aryl methyl sites for hydroxylation is 2. The van der Waals surface area contributed by atoms with Crippen LogP contribution in [0.1, 0.15) is 35.5 Å². The lowest BCUT2D eigenvalue weighted by atomic mass is 10.1. The van der Waals surface area contributed by atoms with Crippen LogP contribution in [-0.2, 0) is 17.5 Å². The zero-order chi connectivity index (χ0) is 20.6. The van der Waals surface area contributed by atoms with Crippen molar-refractivity contribution in [3.05, 3.63) is 63.5 Å². The predicted molar refractivity (Wildman–Crippen MR) is 95.7 cm³/mol. The van der Waals surface area contributed by atoms with Gasteiger partial charge in [-0.2, -0.15) is 13.2 Å². The number of aromatic nitrogens is 2. The number of alkyl halides is 3. The lowest BCUT2D eigenvalue weighted by Gasteiger charge is -2.20. The summed E-state index contributed by atoms with van der Waals surface area (Å²) in [7, 11) is 0. The van der Waals surface area contributed by atoms with E-state index in [-0.39, 0.29) is 17.6 Å². The van der Waals surface area contributed by atoms with Gasteiger partial charge < -0.3 is 9.73 Å². The van der Waals surface area contributed by atoms with Gasteiger partial charge in [0, 0.05) is 0 Å². The molecule has 28 heavy (non-hydrogen) atoms. The van der Waals surface area contributed by atoms with E-state index in [1.54, 1.807) is 32.0 Å². The largest absolute Gasteiger partial charge is 0.467 e. The third kappa shape index (κ3) is 3.64. The quantitative estimate of drug-likeness (QED) is 0.736. The molecule has 0 spiro atoms. The fourth-order valence-corrected chi connectivity index (χ4v) is 2.88. The summed E-state index contributed by atoms with van der Waals surface area (Å²) in [4.78, 5) is 28.7. The lowest BCUT2D eigenvalue weighted by molar-refractivity contribution is -0.142. The number of fused-ring (bicyclic) bond motifs is 1. The van der Waals surface area contributed by atoms with Gasteiger partial charge >= 0.3 is 6.18 Å². The van der Waals surface area contributed by atoms with Crippen molar-refractivity contribution in [1.82, 2.24) is 14.9 Å². The molecule has 1 atom stereocenters. The molecular weight excluding hydrogens is 375 g/mol. The first kappa shape index (κ1) is 19.7. The number of carbonyl (C=O) groups excluding carboxylic acids is 1. The van der Waals surface area contributed by atoms with Crippen LogP contribution in [0.4, 0.5) is 13.2 Å². The topological polar surface area (TPSA) is 77.1 Å². The van der Waals surface area contributed by atoms with Crippen LogP contribution in [0.2, 0.25) is 0 Å². The Balaban J connectivity index is 2.11. The van der Waals surface area contributed by atoms with Crippen molar-refractivity contribution in [2.24, 2.45) is 0 Å². The normalized spacial score (nSPS) is 12.9. The summed E-state index contributed by atoms with van der Waals surface area (Å²) >= 11 is 0. The third-order valence-corrected chi connectivity index (χ3v) is 4.56. The van der Waals surface area contributed by atoms with Crippen LogP contribution in [0.25, 0.3) is 11.0 Å². The van der Waals surface area contributed by atoms with Crippen LogP contribution in [0.5, 0.6) is 0 Å². The predicted octanol–water partition coefficient (Wildman–Crippen LogP) is 3.50. The highest BCUT2D eigenvalue weighted by Gasteiger charge is 2.38. The Hall–Kier alpha value is -3.10. The Kier molecular flexibility index (Phi) is 5.01. The van der Waals surface area contributed by atoms with Gasteiger partial charge in [-0.25, -0.2) is 4.98 Å². The van der Waals surface area contributed by atoms with Gasteiger partial charge in [0.15, 0.2) is 0 Å². The summed E-state index contributed by atoms with van der Waals surface area (Å²) in [5, 5.41) is 2.57. The van der Waals surface area contributed by atoms with E-state index < -0.39 is 29.4 Å². The van der Waals surface area contributed by atoms with Crippen LogP contribution in [0.15, 0.2) is 39.7 Å². The zero-order valence-corrected chi connectivity index (χ0v) is 15.4. The molecule has 1 amide bonds. The van der Waals surface area contributed by atoms with E-state index >= 15 is 0 Å². The summed E-state index contributed by atoms with van der Waals surface area (Å²) in [6.07, 6.45) is -3.50. The van der Waals surface area contributed by atoms with E-state index in [0.717, 1.165) is 15.7 Å². The minimum atomic E-state index is -4.93. The molecule has 9 heteroatoms. The molecule has 0 aliphatic rings. The van der Waals surface area contributed by atoms with E-state index in [1.165, 1.54) is 19.3 Å². The molecule has 3 aromatic rings. The number of amides is 1. The first-order valence-electron chi connectivity index (χ1n) is 8.50. The maximum Gasteiger partial charge on any atom is 0.438 e. The summed E-state index contributed by atoms with van der Waals surface area (Å²) in [6.45, 7) is 4.92. The smallest absolute Gasteiger partial charge is 0.438 e.